The standard InChI is InChI=1S/C17H17N3O2S/c1-20(15(21)8-7-12-5-3-2-4-6-12)11-14-18-13-9-10-23-16(13)17(22)19-14/h2-6,9-10H,7-8,11H2,1H3,(H,18,19,22). The summed E-state index contributed by atoms with van der Waals surface area (Å²) in [5, 5.41) is 1.84. The summed E-state index contributed by atoms with van der Waals surface area (Å²) in [5.41, 5.74) is 1.67. The Morgan fingerprint density at radius 2 is 2.04 bits per heavy atom. The van der Waals surface area contributed by atoms with E-state index in [9.17, 15) is 9.59 Å². The summed E-state index contributed by atoms with van der Waals surface area (Å²) in [6, 6.07) is 11.7. The molecule has 0 spiro atoms. The summed E-state index contributed by atoms with van der Waals surface area (Å²) in [5.74, 6) is 0.540. The minimum Gasteiger partial charge on any atom is -0.338 e. The van der Waals surface area contributed by atoms with Crippen LogP contribution in [-0.2, 0) is 17.8 Å². The van der Waals surface area contributed by atoms with Crippen LogP contribution in [-0.4, -0.2) is 27.8 Å². The van der Waals surface area contributed by atoms with Gasteiger partial charge < -0.3 is 9.88 Å². The molecule has 3 aromatic rings. The third kappa shape index (κ3) is 3.65. The minimum absolute atomic E-state index is 0.0296. The molecule has 6 heteroatoms. The average Bonchev–Trinajstić information content (AvgIpc) is 3.02. The predicted molar refractivity (Wildman–Crippen MR) is 91.5 cm³/mol. The van der Waals surface area contributed by atoms with E-state index < -0.39 is 0 Å². The van der Waals surface area contributed by atoms with Crippen molar-refractivity contribution in [3.8, 4) is 0 Å². The first-order chi connectivity index (χ1) is 11.1. The molecule has 0 aliphatic rings. The van der Waals surface area contributed by atoms with Gasteiger partial charge in [-0.3, -0.25) is 9.59 Å². The van der Waals surface area contributed by atoms with Crippen LogP contribution in [0.3, 0.4) is 0 Å². The molecule has 0 saturated heterocycles. The molecule has 0 aliphatic carbocycles. The number of aromatic amines is 1. The average molecular weight is 327 g/mol. The van der Waals surface area contributed by atoms with Crippen molar-refractivity contribution in [2.45, 2.75) is 19.4 Å². The fourth-order valence-electron chi connectivity index (χ4n) is 2.40. The van der Waals surface area contributed by atoms with Gasteiger partial charge in [0.15, 0.2) is 0 Å². The number of thiophene rings is 1. The van der Waals surface area contributed by atoms with E-state index in [1.54, 1.807) is 11.9 Å². The van der Waals surface area contributed by atoms with Crippen molar-refractivity contribution in [3.05, 3.63) is 63.5 Å². The number of H-pyrrole nitrogens is 1. The summed E-state index contributed by atoms with van der Waals surface area (Å²) in [6.45, 7) is 0.300. The molecule has 1 aromatic carbocycles. The van der Waals surface area contributed by atoms with Crippen molar-refractivity contribution in [1.29, 1.82) is 0 Å². The van der Waals surface area contributed by atoms with Gasteiger partial charge in [0.25, 0.3) is 5.56 Å². The lowest BCUT2D eigenvalue weighted by Gasteiger charge is -2.16. The Morgan fingerprint density at radius 3 is 2.83 bits per heavy atom. The monoisotopic (exact) mass is 327 g/mol. The van der Waals surface area contributed by atoms with Gasteiger partial charge >= 0.3 is 0 Å². The van der Waals surface area contributed by atoms with Crippen LogP contribution in [0.1, 0.15) is 17.8 Å². The van der Waals surface area contributed by atoms with E-state index in [0.29, 0.717) is 35.4 Å². The number of benzene rings is 1. The van der Waals surface area contributed by atoms with Crippen LogP contribution >= 0.6 is 11.3 Å². The van der Waals surface area contributed by atoms with Gasteiger partial charge in [0, 0.05) is 13.5 Å². The molecular formula is C17H17N3O2S. The Morgan fingerprint density at radius 1 is 1.26 bits per heavy atom. The second-order valence-corrected chi connectivity index (χ2v) is 6.30. The zero-order valence-electron chi connectivity index (χ0n) is 12.8. The van der Waals surface area contributed by atoms with E-state index >= 15 is 0 Å². The minimum atomic E-state index is -0.148. The van der Waals surface area contributed by atoms with E-state index in [0.717, 1.165) is 5.56 Å². The highest BCUT2D eigenvalue weighted by molar-refractivity contribution is 7.17. The van der Waals surface area contributed by atoms with Crippen molar-refractivity contribution >= 4 is 27.5 Å². The second-order valence-electron chi connectivity index (χ2n) is 5.38. The highest BCUT2D eigenvalue weighted by atomic mass is 32.1. The van der Waals surface area contributed by atoms with Gasteiger partial charge in [-0.2, -0.15) is 0 Å². The van der Waals surface area contributed by atoms with Crippen LogP contribution in [0.2, 0.25) is 0 Å². The fraction of sp³-hybridized carbons (Fsp3) is 0.235. The summed E-state index contributed by atoms with van der Waals surface area (Å²) in [7, 11) is 1.73. The first-order valence-corrected chi connectivity index (χ1v) is 8.26. The first kappa shape index (κ1) is 15.4. The maximum Gasteiger partial charge on any atom is 0.268 e. The summed E-state index contributed by atoms with van der Waals surface area (Å²) in [6.07, 6.45) is 1.14. The zero-order valence-corrected chi connectivity index (χ0v) is 13.6. The molecular weight excluding hydrogens is 310 g/mol. The Bertz CT molecular complexity index is 870. The quantitative estimate of drug-likeness (QED) is 0.783. The number of nitrogens with zero attached hydrogens (tertiary/aromatic N) is 2. The van der Waals surface area contributed by atoms with Crippen LogP contribution in [0.15, 0.2) is 46.6 Å². The Kier molecular flexibility index (Phi) is 4.52. The van der Waals surface area contributed by atoms with Crippen molar-refractivity contribution in [2.24, 2.45) is 0 Å². The molecule has 5 nitrogen and oxygen atoms in total. The number of aryl methyl sites for hydroxylation is 1. The van der Waals surface area contributed by atoms with Crippen LogP contribution in [0.4, 0.5) is 0 Å². The topological polar surface area (TPSA) is 66.1 Å². The van der Waals surface area contributed by atoms with E-state index in [1.165, 1.54) is 11.3 Å². The highest BCUT2D eigenvalue weighted by Gasteiger charge is 2.12. The number of aromatic nitrogens is 2. The maximum atomic E-state index is 12.2. The van der Waals surface area contributed by atoms with Crippen LogP contribution in [0.5, 0.6) is 0 Å². The van der Waals surface area contributed by atoms with Crippen molar-refractivity contribution in [2.75, 3.05) is 7.05 Å². The fourth-order valence-corrected chi connectivity index (χ4v) is 3.12. The Balaban J connectivity index is 1.64. The molecule has 1 amide bonds. The molecule has 0 atom stereocenters. The lowest BCUT2D eigenvalue weighted by atomic mass is 10.1. The number of nitrogens with one attached hydrogen (secondary N) is 1. The predicted octanol–water partition coefficient (Wildman–Crippen LogP) is 2.58. The molecule has 0 radical (unpaired) electrons. The van der Waals surface area contributed by atoms with Gasteiger partial charge in [0.2, 0.25) is 5.91 Å². The normalized spacial score (nSPS) is 10.8. The number of hydrogen-bond donors (Lipinski definition) is 1. The number of hydrogen-bond acceptors (Lipinski definition) is 4. The van der Waals surface area contributed by atoms with Crippen LogP contribution in [0.25, 0.3) is 10.2 Å². The Labute approximate surface area is 137 Å². The van der Waals surface area contributed by atoms with Crippen molar-refractivity contribution < 1.29 is 4.79 Å². The largest absolute Gasteiger partial charge is 0.338 e. The molecule has 0 aliphatic heterocycles. The molecule has 0 fully saturated rings. The van der Waals surface area contributed by atoms with Gasteiger partial charge in [-0.1, -0.05) is 30.3 Å². The third-order valence-corrected chi connectivity index (χ3v) is 4.55. The van der Waals surface area contributed by atoms with E-state index in [4.69, 9.17) is 0 Å². The van der Waals surface area contributed by atoms with Crippen molar-refractivity contribution in [1.82, 2.24) is 14.9 Å². The van der Waals surface area contributed by atoms with Crippen LogP contribution in [0, 0.1) is 0 Å². The molecule has 0 unspecified atom stereocenters. The smallest absolute Gasteiger partial charge is 0.268 e. The number of fused-ring (bicyclic) bond motifs is 1. The SMILES string of the molecule is CN(Cc1nc2ccsc2c(=O)[nH]1)C(=O)CCc1ccccc1. The lowest BCUT2D eigenvalue weighted by Crippen LogP contribution is -2.28. The summed E-state index contributed by atoms with van der Waals surface area (Å²) >= 11 is 1.37. The van der Waals surface area contributed by atoms with Crippen LogP contribution < -0.4 is 5.56 Å². The third-order valence-electron chi connectivity index (χ3n) is 3.65. The first-order valence-electron chi connectivity index (χ1n) is 7.38. The van der Waals surface area contributed by atoms with E-state index in [2.05, 4.69) is 9.97 Å². The maximum absolute atomic E-state index is 12.2. The molecule has 2 heterocycles. The molecule has 118 valence electrons. The number of carbonyl (C=O) groups excluding carboxylic acids is 1. The van der Waals surface area contributed by atoms with E-state index in [1.807, 2.05) is 41.8 Å². The molecule has 3 rings (SSSR count). The van der Waals surface area contributed by atoms with Crippen molar-refractivity contribution in [3.63, 3.8) is 0 Å². The molecule has 1 N–H and O–H groups in total. The highest BCUT2D eigenvalue weighted by Crippen LogP contribution is 2.14. The number of amides is 1. The molecule has 0 saturated carbocycles. The van der Waals surface area contributed by atoms with Gasteiger partial charge in [-0.25, -0.2) is 4.98 Å². The van der Waals surface area contributed by atoms with Gasteiger partial charge in [-0.15, -0.1) is 11.3 Å². The van der Waals surface area contributed by atoms with Gasteiger partial charge in [0.1, 0.15) is 10.5 Å². The molecule has 0 bridgehead atoms. The number of rotatable bonds is 5. The second kappa shape index (κ2) is 6.75. The summed E-state index contributed by atoms with van der Waals surface area (Å²) in [4.78, 5) is 32.9. The Hall–Kier alpha value is -2.47. The summed E-state index contributed by atoms with van der Waals surface area (Å²) < 4.78 is 0.617. The van der Waals surface area contributed by atoms with Gasteiger partial charge in [0.05, 0.1) is 12.1 Å². The zero-order chi connectivity index (χ0) is 16.2. The van der Waals surface area contributed by atoms with E-state index in [-0.39, 0.29) is 11.5 Å². The van der Waals surface area contributed by atoms with Gasteiger partial charge in [-0.05, 0) is 23.4 Å². The molecule has 23 heavy (non-hydrogen) atoms. The lowest BCUT2D eigenvalue weighted by molar-refractivity contribution is -0.130. The molecule has 2 aromatic heterocycles. The number of carbonyl (C=O) groups is 1.